The fraction of sp³-hybridized carbons (Fsp3) is 0.714. The molecule has 2 N–H and O–H groups in total. The monoisotopic (exact) mass is 271 g/mol. The SMILES string of the molecule is CC[Se]CC(NC(=O)CS)C(=O)O. The molecular formula is C7H13NO3SSe. The Hall–Kier alpha value is -0.191. The fourth-order valence-corrected chi connectivity index (χ4v) is 2.20. The van der Waals surface area contributed by atoms with Gasteiger partial charge in [-0.1, -0.05) is 0 Å². The number of aliphatic carboxylic acids is 1. The summed E-state index contributed by atoms with van der Waals surface area (Å²) in [5.74, 6) is -1.27. The van der Waals surface area contributed by atoms with Crippen LogP contribution in [-0.4, -0.2) is 43.7 Å². The van der Waals surface area contributed by atoms with E-state index in [0.717, 1.165) is 5.32 Å². The first-order valence-corrected chi connectivity index (χ1v) is 6.88. The molecule has 0 radical (unpaired) electrons. The van der Waals surface area contributed by atoms with Gasteiger partial charge in [0.05, 0.1) is 0 Å². The number of carbonyl (C=O) groups is 2. The van der Waals surface area contributed by atoms with E-state index in [0.29, 0.717) is 5.32 Å². The molecule has 1 atom stereocenters. The van der Waals surface area contributed by atoms with Crippen molar-refractivity contribution in [2.45, 2.75) is 23.6 Å². The van der Waals surface area contributed by atoms with Crippen molar-refractivity contribution >= 4 is 39.5 Å². The standard InChI is InChI=1S/C7H13NO3SSe/c1-2-13-4-5(7(10)11)8-6(9)3-12/h5,12H,2-4H2,1H3,(H,8,9)(H,10,11). The number of carboxylic acid groups (broad SMARTS) is 1. The Morgan fingerprint density at radius 2 is 2.23 bits per heavy atom. The molecule has 1 amide bonds. The van der Waals surface area contributed by atoms with Crippen LogP contribution in [0.5, 0.6) is 0 Å². The molecule has 0 rings (SSSR count). The Morgan fingerprint density at radius 1 is 1.62 bits per heavy atom. The summed E-state index contributed by atoms with van der Waals surface area (Å²) < 4.78 is 0. The van der Waals surface area contributed by atoms with Gasteiger partial charge in [-0.2, -0.15) is 0 Å². The summed E-state index contributed by atoms with van der Waals surface area (Å²) in [6.45, 7) is 2.00. The third-order valence-corrected chi connectivity index (χ3v) is 3.60. The van der Waals surface area contributed by atoms with Gasteiger partial charge < -0.3 is 0 Å². The van der Waals surface area contributed by atoms with Gasteiger partial charge in [0.1, 0.15) is 0 Å². The molecule has 0 bridgehead atoms. The van der Waals surface area contributed by atoms with E-state index in [1.165, 1.54) is 0 Å². The van der Waals surface area contributed by atoms with Gasteiger partial charge in [0.2, 0.25) is 0 Å². The molecule has 0 saturated heterocycles. The van der Waals surface area contributed by atoms with Crippen LogP contribution in [0.3, 0.4) is 0 Å². The second-order valence-electron chi connectivity index (χ2n) is 2.28. The van der Waals surface area contributed by atoms with E-state index >= 15 is 0 Å². The average molecular weight is 270 g/mol. The third kappa shape index (κ3) is 5.96. The van der Waals surface area contributed by atoms with Crippen LogP contribution in [0, 0.1) is 0 Å². The van der Waals surface area contributed by atoms with Gasteiger partial charge in [-0.15, -0.1) is 0 Å². The normalized spacial score (nSPS) is 12.2. The van der Waals surface area contributed by atoms with E-state index in [1.807, 2.05) is 6.92 Å². The van der Waals surface area contributed by atoms with Crippen molar-refractivity contribution in [2.24, 2.45) is 0 Å². The van der Waals surface area contributed by atoms with Crippen LogP contribution in [0.15, 0.2) is 0 Å². The van der Waals surface area contributed by atoms with Crippen molar-refractivity contribution in [3.63, 3.8) is 0 Å². The third-order valence-electron chi connectivity index (χ3n) is 1.27. The van der Waals surface area contributed by atoms with E-state index in [-0.39, 0.29) is 26.6 Å². The zero-order valence-electron chi connectivity index (χ0n) is 7.32. The minimum absolute atomic E-state index is 0.0307. The molecule has 0 aliphatic rings. The van der Waals surface area contributed by atoms with Crippen LogP contribution in [-0.2, 0) is 9.59 Å². The number of amides is 1. The Balaban J connectivity index is 3.94. The predicted octanol–water partition coefficient (Wildman–Crippen LogP) is 0.0463. The van der Waals surface area contributed by atoms with E-state index in [1.54, 1.807) is 0 Å². The molecule has 0 spiro atoms. The van der Waals surface area contributed by atoms with Crippen molar-refractivity contribution in [3.05, 3.63) is 0 Å². The maximum atomic E-state index is 10.8. The van der Waals surface area contributed by atoms with E-state index < -0.39 is 12.0 Å². The van der Waals surface area contributed by atoms with Crippen LogP contribution in [0.25, 0.3) is 0 Å². The van der Waals surface area contributed by atoms with Crippen molar-refractivity contribution in [3.8, 4) is 0 Å². The number of nitrogens with one attached hydrogen (secondary N) is 1. The summed E-state index contributed by atoms with van der Waals surface area (Å²) in [5, 5.41) is 12.6. The number of hydrogen-bond acceptors (Lipinski definition) is 3. The summed E-state index contributed by atoms with van der Waals surface area (Å²) in [6.07, 6.45) is 0. The topological polar surface area (TPSA) is 66.4 Å². The molecule has 0 aliphatic heterocycles. The quantitative estimate of drug-likeness (QED) is 0.472. The first-order valence-electron chi connectivity index (χ1n) is 3.82. The maximum absolute atomic E-state index is 10.8. The Labute approximate surface area is 89.0 Å². The molecule has 0 fully saturated rings. The Bertz CT molecular complexity index is 189. The Morgan fingerprint density at radius 3 is 2.62 bits per heavy atom. The van der Waals surface area contributed by atoms with Gasteiger partial charge in [-0.25, -0.2) is 0 Å². The molecule has 76 valence electrons. The van der Waals surface area contributed by atoms with Crippen molar-refractivity contribution < 1.29 is 14.7 Å². The average Bonchev–Trinajstić information content (AvgIpc) is 2.11. The van der Waals surface area contributed by atoms with Gasteiger partial charge >= 0.3 is 88.8 Å². The molecule has 4 nitrogen and oxygen atoms in total. The van der Waals surface area contributed by atoms with Gasteiger partial charge in [0, 0.05) is 0 Å². The predicted molar refractivity (Wildman–Crippen MR) is 54.5 cm³/mol. The van der Waals surface area contributed by atoms with Crippen molar-refractivity contribution in [1.29, 1.82) is 0 Å². The second kappa shape index (κ2) is 7.24. The van der Waals surface area contributed by atoms with Crippen LogP contribution >= 0.6 is 12.6 Å². The summed E-state index contributed by atoms with van der Waals surface area (Å²) in [6, 6.07) is -0.736. The van der Waals surface area contributed by atoms with Crippen LogP contribution in [0.2, 0.25) is 10.6 Å². The van der Waals surface area contributed by atoms with Crippen molar-refractivity contribution in [1.82, 2.24) is 5.32 Å². The Kier molecular flexibility index (Phi) is 7.13. The molecule has 0 aromatic carbocycles. The van der Waals surface area contributed by atoms with Gasteiger partial charge in [0.15, 0.2) is 0 Å². The zero-order chi connectivity index (χ0) is 10.3. The second-order valence-corrected chi connectivity index (χ2v) is 5.36. The summed E-state index contributed by atoms with van der Waals surface area (Å²) in [5.41, 5.74) is 0. The summed E-state index contributed by atoms with van der Waals surface area (Å²) in [7, 11) is 0. The molecule has 1 unspecified atom stereocenters. The summed E-state index contributed by atoms with van der Waals surface area (Å²) in [4.78, 5) is 21.5. The summed E-state index contributed by atoms with van der Waals surface area (Å²) >= 11 is 4.03. The minimum atomic E-state index is -0.967. The van der Waals surface area contributed by atoms with Crippen LogP contribution < -0.4 is 5.32 Å². The first kappa shape index (κ1) is 12.8. The van der Waals surface area contributed by atoms with Gasteiger partial charge in [0.25, 0.3) is 0 Å². The fourth-order valence-electron chi connectivity index (χ4n) is 0.650. The molecule has 0 saturated carbocycles. The van der Waals surface area contributed by atoms with Gasteiger partial charge in [-0.3, -0.25) is 0 Å². The van der Waals surface area contributed by atoms with E-state index in [4.69, 9.17) is 5.11 Å². The molecule has 0 aliphatic carbocycles. The van der Waals surface area contributed by atoms with Crippen LogP contribution in [0.1, 0.15) is 6.92 Å². The number of thiol groups is 1. The van der Waals surface area contributed by atoms with E-state index in [9.17, 15) is 9.59 Å². The van der Waals surface area contributed by atoms with Gasteiger partial charge in [-0.05, 0) is 0 Å². The van der Waals surface area contributed by atoms with E-state index in [2.05, 4.69) is 17.9 Å². The number of rotatable bonds is 6. The number of carbonyl (C=O) groups excluding carboxylic acids is 1. The van der Waals surface area contributed by atoms with Crippen molar-refractivity contribution in [2.75, 3.05) is 5.75 Å². The molecule has 0 heterocycles. The molecule has 6 heteroatoms. The molecule has 0 aromatic heterocycles. The first-order chi connectivity index (χ1) is 6.11. The molecular weight excluding hydrogens is 257 g/mol. The zero-order valence-corrected chi connectivity index (χ0v) is 9.93. The molecule has 13 heavy (non-hydrogen) atoms. The molecule has 0 aromatic rings. The number of hydrogen-bond donors (Lipinski definition) is 3. The number of carboxylic acids is 1. The van der Waals surface area contributed by atoms with Crippen LogP contribution in [0.4, 0.5) is 0 Å².